The molecule has 0 fully saturated rings. The minimum atomic E-state index is -0.514. The van der Waals surface area contributed by atoms with Crippen LogP contribution in [-0.2, 0) is 6.42 Å². The third-order valence-corrected chi connectivity index (χ3v) is 5.19. The number of benzene rings is 1. The predicted molar refractivity (Wildman–Crippen MR) is 104 cm³/mol. The fraction of sp³-hybridized carbons (Fsp3) is 0.350. The van der Waals surface area contributed by atoms with Crippen molar-refractivity contribution >= 4 is 22.9 Å². The molecule has 0 saturated carbocycles. The average molecular weight is 365 g/mol. The maximum atomic E-state index is 12.9. The van der Waals surface area contributed by atoms with Gasteiger partial charge in [0.25, 0.3) is 5.91 Å². The summed E-state index contributed by atoms with van der Waals surface area (Å²) >= 11 is 0. The monoisotopic (exact) mass is 365 g/mol. The van der Waals surface area contributed by atoms with Gasteiger partial charge in [0.1, 0.15) is 5.56 Å². The van der Waals surface area contributed by atoms with Crippen molar-refractivity contribution in [2.45, 2.75) is 26.4 Å². The van der Waals surface area contributed by atoms with E-state index in [2.05, 4.69) is 29.2 Å². The number of amides is 1. The van der Waals surface area contributed by atoms with Crippen LogP contribution in [0.1, 0.15) is 41.4 Å². The predicted octanol–water partition coefficient (Wildman–Crippen LogP) is 2.66. The Morgan fingerprint density at radius 1 is 1.37 bits per heavy atom. The van der Waals surface area contributed by atoms with Gasteiger partial charge in [-0.3, -0.25) is 4.79 Å². The molecule has 7 heteroatoms. The summed E-state index contributed by atoms with van der Waals surface area (Å²) in [5.74, 6) is -0.260. The molecule has 0 saturated heterocycles. The number of aromatic nitrogens is 3. The smallest absolute Gasteiger partial charge is 0.261 e. The van der Waals surface area contributed by atoms with Crippen LogP contribution in [-0.4, -0.2) is 39.7 Å². The largest absolute Gasteiger partial charge is 0.388 e. The number of anilines is 2. The van der Waals surface area contributed by atoms with Gasteiger partial charge in [-0.2, -0.15) is 5.10 Å². The second-order valence-corrected chi connectivity index (χ2v) is 7.93. The molecule has 1 aliphatic carbocycles. The van der Waals surface area contributed by atoms with Crippen molar-refractivity contribution in [1.29, 1.82) is 0 Å². The minimum absolute atomic E-state index is 0.221. The number of aliphatic hydroxyl groups excluding tert-OH is 1. The van der Waals surface area contributed by atoms with Gasteiger partial charge < -0.3 is 15.3 Å². The molecule has 1 aliphatic rings. The van der Waals surface area contributed by atoms with Gasteiger partial charge in [-0.15, -0.1) is 0 Å². The van der Waals surface area contributed by atoms with Gasteiger partial charge in [-0.1, -0.05) is 13.8 Å². The van der Waals surface area contributed by atoms with E-state index in [9.17, 15) is 9.90 Å². The van der Waals surface area contributed by atoms with Crippen LogP contribution in [0.4, 0.5) is 11.4 Å². The summed E-state index contributed by atoms with van der Waals surface area (Å²) in [4.78, 5) is 19.1. The summed E-state index contributed by atoms with van der Waals surface area (Å²) in [7, 11) is 3.83. The molecule has 2 heterocycles. The van der Waals surface area contributed by atoms with Gasteiger partial charge in [0.15, 0.2) is 5.65 Å². The first-order valence-corrected chi connectivity index (χ1v) is 8.90. The van der Waals surface area contributed by atoms with Crippen LogP contribution < -0.4 is 10.2 Å². The third-order valence-electron chi connectivity index (χ3n) is 5.19. The quantitative estimate of drug-likeness (QED) is 0.746. The molecule has 3 aromatic rings. The lowest BCUT2D eigenvalue weighted by molar-refractivity contribution is 0.0666. The lowest BCUT2D eigenvalue weighted by atomic mass is 9.87. The van der Waals surface area contributed by atoms with Crippen molar-refractivity contribution < 1.29 is 9.90 Å². The number of rotatable bonds is 3. The molecule has 27 heavy (non-hydrogen) atoms. The molecule has 1 aromatic carbocycles. The zero-order chi connectivity index (χ0) is 19.3. The molecule has 0 aliphatic heterocycles. The van der Waals surface area contributed by atoms with E-state index in [1.54, 1.807) is 23.0 Å². The van der Waals surface area contributed by atoms with Gasteiger partial charge in [-0.05, 0) is 41.2 Å². The number of nitrogens with zero attached hydrogens (tertiary/aromatic N) is 4. The maximum absolute atomic E-state index is 12.9. The molecule has 0 bridgehead atoms. The summed E-state index contributed by atoms with van der Waals surface area (Å²) in [6.07, 6.45) is 5.16. The van der Waals surface area contributed by atoms with Gasteiger partial charge in [0.2, 0.25) is 0 Å². The lowest BCUT2D eigenvalue weighted by Crippen LogP contribution is -2.18. The van der Waals surface area contributed by atoms with E-state index in [-0.39, 0.29) is 11.3 Å². The summed E-state index contributed by atoms with van der Waals surface area (Å²) < 4.78 is 1.57. The second kappa shape index (κ2) is 6.06. The number of carbonyl (C=O) groups is 1. The van der Waals surface area contributed by atoms with Crippen molar-refractivity contribution in [3.63, 3.8) is 0 Å². The van der Waals surface area contributed by atoms with Crippen molar-refractivity contribution in [3.05, 3.63) is 53.5 Å². The van der Waals surface area contributed by atoms with Gasteiger partial charge in [0.05, 0.1) is 23.7 Å². The molecular weight excluding hydrogens is 342 g/mol. The molecule has 7 nitrogen and oxygen atoms in total. The topological polar surface area (TPSA) is 82.8 Å². The number of aliphatic hydroxyl groups is 1. The van der Waals surface area contributed by atoms with Crippen LogP contribution in [0.25, 0.3) is 5.65 Å². The Morgan fingerprint density at radius 2 is 2.15 bits per heavy atom. The molecule has 1 amide bonds. The van der Waals surface area contributed by atoms with E-state index in [0.717, 1.165) is 23.2 Å². The van der Waals surface area contributed by atoms with Crippen LogP contribution in [0.2, 0.25) is 0 Å². The highest BCUT2D eigenvalue weighted by molar-refractivity contribution is 6.09. The fourth-order valence-electron chi connectivity index (χ4n) is 3.71. The molecular formula is C20H23N5O2. The molecule has 0 unspecified atom stereocenters. The van der Waals surface area contributed by atoms with E-state index in [0.29, 0.717) is 16.9 Å². The Morgan fingerprint density at radius 3 is 2.89 bits per heavy atom. The molecule has 1 atom stereocenters. The molecule has 2 N–H and O–H groups in total. The summed E-state index contributed by atoms with van der Waals surface area (Å²) in [6, 6.07) is 5.71. The van der Waals surface area contributed by atoms with Crippen molar-refractivity contribution in [2.24, 2.45) is 5.41 Å². The minimum Gasteiger partial charge on any atom is -0.388 e. The average Bonchev–Trinajstić information content (AvgIpc) is 3.13. The first kappa shape index (κ1) is 17.5. The highest BCUT2D eigenvalue weighted by atomic mass is 16.3. The second-order valence-electron chi connectivity index (χ2n) is 7.93. The van der Waals surface area contributed by atoms with Crippen LogP contribution in [0.15, 0.2) is 36.8 Å². The summed E-state index contributed by atoms with van der Waals surface area (Å²) in [6.45, 7) is 4.10. The number of nitrogens with one attached hydrogen (secondary N) is 1. The van der Waals surface area contributed by atoms with Gasteiger partial charge in [-0.25, -0.2) is 9.50 Å². The highest BCUT2D eigenvalue weighted by Gasteiger charge is 2.38. The fourth-order valence-corrected chi connectivity index (χ4v) is 3.71. The molecule has 2 aromatic heterocycles. The normalized spacial score (nSPS) is 17.7. The van der Waals surface area contributed by atoms with Crippen LogP contribution in [0.5, 0.6) is 0 Å². The zero-order valence-corrected chi connectivity index (χ0v) is 15.9. The van der Waals surface area contributed by atoms with E-state index < -0.39 is 6.10 Å². The Hall–Kier alpha value is -2.93. The van der Waals surface area contributed by atoms with E-state index in [1.165, 1.54) is 6.20 Å². The Bertz CT molecular complexity index is 1040. The molecule has 4 rings (SSSR count). The van der Waals surface area contributed by atoms with Crippen molar-refractivity contribution in [2.75, 3.05) is 24.3 Å². The van der Waals surface area contributed by atoms with Crippen molar-refractivity contribution in [1.82, 2.24) is 14.6 Å². The summed E-state index contributed by atoms with van der Waals surface area (Å²) in [5.41, 5.74) is 4.26. The van der Waals surface area contributed by atoms with Crippen LogP contribution in [0.3, 0.4) is 0 Å². The number of hydrogen-bond acceptors (Lipinski definition) is 5. The zero-order valence-electron chi connectivity index (χ0n) is 15.9. The maximum Gasteiger partial charge on any atom is 0.261 e. The summed E-state index contributed by atoms with van der Waals surface area (Å²) in [5, 5.41) is 17.8. The van der Waals surface area contributed by atoms with E-state index in [4.69, 9.17) is 0 Å². The van der Waals surface area contributed by atoms with Crippen molar-refractivity contribution in [3.8, 4) is 0 Å². The van der Waals surface area contributed by atoms with Crippen LogP contribution in [0, 0.1) is 5.41 Å². The Balaban J connectivity index is 1.73. The molecule has 0 radical (unpaired) electrons. The number of hydrogen-bond donors (Lipinski definition) is 2. The molecule has 140 valence electrons. The number of carbonyl (C=O) groups excluding carboxylic acids is 1. The van der Waals surface area contributed by atoms with E-state index >= 15 is 0 Å². The Kier molecular flexibility index (Phi) is 3.92. The van der Waals surface area contributed by atoms with Gasteiger partial charge in [0, 0.05) is 26.5 Å². The third kappa shape index (κ3) is 2.84. The first-order chi connectivity index (χ1) is 12.8. The number of fused-ring (bicyclic) bond motifs is 2. The SMILES string of the molecule is CN(C)c1cc2c(cc1NC(=O)c1cnn3cccnc13)CC(C)(C)[C@H]2O. The Labute approximate surface area is 157 Å². The van der Waals surface area contributed by atoms with Gasteiger partial charge >= 0.3 is 0 Å². The highest BCUT2D eigenvalue weighted by Crippen LogP contribution is 2.47. The molecule has 0 spiro atoms. The first-order valence-electron chi connectivity index (χ1n) is 8.90. The van der Waals surface area contributed by atoms with Crippen LogP contribution >= 0.6 is 0 Å². The lowest BCUT2D eigenvalue weighted by Gasteiger charge is -2.23. The standard InChI is InChI=1S/C20H23N5O2/c1-20(2)10-12-8-15(16(24(3)4)9-13(12)17(20)26)23-19(27)14-11-22-25-7-5-6-21-18(14)25/h5-9,11,17,26H,10H2,1-4H3,(H,23,27)/t17-/m0/s1. The van der Waals surface area contributed by atoms with E-state index in [1.807, 2.05) is 31.1 Å².